The second kappa shape index (κ2) is 10.7. The molecule has 1 saturated carbocycles. The van der Waals surface area contributed by atoms with Crippen molar-refractivity contribution in [2.45, 2.75) is 64.1 Å². The number of carbonyl (C=O) groups is 3. The number of amides is 3. The van der Waals surface area contributed by atoms with E-state index in [1.165, 1.54) is 31.6 Å². The Balaban J connectivity index is 1.44. The van der Waals surface area contributed by atoms with Gasteiger partial charge < -0.3 is 14.5 Å². The molecular weight excluding hydrogens is 491 g/mol. The highest BCUT2D eigenvalue weighted by molar-refractivity contribution is 5.96. The van der Waals surface area contributed by atoms with Crippen LogP contribution in [-0.2, 0) is 4.74 Å². The molecule has 1 aromatic heterocycles. The Morgan fingerprint density at radius 2 is 1.66 bits per heavy atom. The molecule has 1 aromatic carbocycles. The summed E-state index contributed by atoms with van der Waals surface area (Å²) in [6, 6.07) is 4.06. The van der Waals surface area contributed by atoms with Gasteiger partial charge in [-0.25, -0.2) is 24.1 Å². The summed E-state index contributed by atoms with van der Waals surface area (Å²) in [7, 11) is 1.25. The van der Waals surface area contributed by atoms with Crippen LogP contribution in [-0.4, -0.2) is 80.4 Å². The van der Waals surface area contributed by atoms with E-state index in [-0.39, 0.29) is 35.5 Å². The van der Waals surface area contributed by atoms with Crippen LogP contribution in [0.2, 0.25) is 0 Å². The Labute approximate surface area is 221 Å². The van der Waals surface area contributed by atoms with Crippen LogP contribution in [0.3, 0.4) is 0 Å². The van der Waals surface area contributed by atoms with Crippen molar-refractivity contribution >= 4 is 17.9 Å². The van der Waals surface area contributed by atoms with Gasteiger partial charge in [-0.2, -0.15) is 5.26 Å². The summed E-state index contributed by atoms with van der Waals surface area (Å²) in [6.07, 6.45) is 7.35. The molecule has 1 saturated heterocycles. The number of benzene rings is 1. The molecule has 38 heavy (non-hydrogen) atoms. The van der Waals surface area contributed by atoms with Gasteiger partial charge in [-0.15, -0.1) is 0 Å². The zero-order valence-electron chi connectivity index (χ0n) is 22.0. The largest absolute Gasteiger partial charge is 0.444 e. The highest BCUT2D eigenvalue weighted by Crippen LogP contribution is 2.33. The van der Waals surface area contributed by atoms with E-state index in [4.69, 9.17) is 10.00 Å². The predicted molar refractivity (Wildman–Crippen MR) is 135 cm³/mol. The van der Waals surface area contributed by atoms with Crippen LogP contribution in [0.15, 0.2) is 30.6 Å². The summed E-state index contributed by atoms with van der Waals surface area (Å²) in [6.45, 7) is 6.53. The van der Waals surface area contributed by atoms with Crippen LogP contribution < -0.4 is 0 Å². The second-order valence-electron chi connectivity index (χ2n) is 10.6. The molecule has 0 atom stereocenters. The maximum absolute atomic E-state index is 14.6. The van der Waals surface area contributed by atoms with E-state index in [2.05, 4.69) is 9.97 Å². The summed E-state index contributed by atoms with van der Waals surface area (Å²) < 4.78 is 20.0. The average Bonchev–Trinajstić information content (AvgIpc) is 3.72. The molecule has 1 aliphatic heterocycles. The summed E-state index contributed by atoms with van der Waals surface area (Å²) >= 11 is 0. The Hall–Kier alpha value is -4.07. The third kappa shape index (κ3) is 6.07. The number of nitriles is 1. The number of hydrogen-bond donors (Lipinski definition) is 0. The number of ether oxygens (including phenoxy) is 1. The number of carbonyl (C=O) groups excluding carboxylic acids is 3. The summed E-state index contributed by atoms with van der Waals surface area (Å²) in [5.74, 6) is -1.51. The molecule has 4 rings (SSSR count). The monoisotopic (exact) mass is 522 g/mol. The molecule has 0 unspecified atom stereocenters. The number of likely N-dealkylation sites (tertiary alicyclic amines) is 1. The van der Waals surface area contributed by atoms with Gasteiger partial charge in [0.2, 0.25) is 0 Å². The fourth-order valence-corrected chi connectivity index (χ4v) is 4.43. The topological polar surface area (TPSA) is 120 Å². The number of hydrogen-bond acceptors (Lipinski definition) is 7. The van der Waals surface area contributed by atoms with Crippen molar-refractivity contribution < 1.29 is 23.5 Å². The lowest BCUT2D eigenvalue weighted by Gasteiger charge is -2.39. The van der Waals surface area contributed by atoms with Gasteiger partial charge in [0.25, 0.3) is 11.8 Å². The Morgan fingerprint density at radius 1 is 1.05 bits per heavy atom. The third-order valence-electron chi connectivity index (χ3n) is 6.50. The van der Waals surface area contributed by atoms with Crippen LogP contribution in [0, 0.1) is 17.3 Å². The number of piperidine rings is 1. The molecule has 2 heterocycles. The van der Waals surface area contributed by atoms with E-state index in [1.54, 1.807) is 11.1 Å². The quantitative estimate of drug-likeness (QED) is 0.432. The third-order valence-corrected chi connectivity index (χ3v) is 6.50. The predicted octanol–water partition coefficient (Wildman–Crippen LogP) is 3.84. The zero-order valence-corrected chi connectivity index (χ0v) is 22.0. The minimum absolute atomic E-state index is 0.000850. The minimum atomic E-state index is -0.795. The lowest BCUT2D eigenvalue weighted by atomic mass is 10.0. The van der Waals surface area contributed by atoms with Crippen molar-refractivity contribution in [1.82, 2.24) is 24.7 Å². The van der Waals surface area contributed by atoms with E-state index in [9.17, 15) is 18.8 Å². The molecule has 10 nitrogen and oxygen atoms in total. The van der Waals surface area contributed by atoms with Gasteiger partial charge in [0.05, 0.1) is 11.1 Å². The molecule has 2 aromatic rings. The molecule has 0 spiro atoms. The normalized spacial score (nSPS) is 15.9. The first-order valence-corrected chi connectivity index (χ1v) is 12.6. The summed E-state index contributed by atoms with van der Waals surface area (Å²) in [5.41, 5.74) is -0.123. The van der Waals surface area contributed by atoms with E-state index in [0.717, 1.165) is 23.8 Å². The molecule has 0 radical (unpaired) electrons. The number of aromatic nitrogens is 2. The van der Waals surface area contributed by atoms with Gasteiger partial charge in [0, 0.05) is 50.2 Å². The molecule has 2 aliphatic rings. The van der Waals surface area contributed by atoms with Gasteiger partial charge in [-0.1, -0.05) is 6.07 Å². The zero-order chi connectivity index (χ0) is 27.6. The SMILES string of the molecule is CN(C#N)C(=O)c1ccc(-c2ncc(C(=O)N(C3CC3)C3CCN(C(=O)OC(C)(C)C)CC3)cn2)cc1F. The smallest absolute Gasteiger partial charge is 0.410 e. The van der Waals surface area contributed by atoms with Crippen molar-refractivity contribution in [3.05, 3.63) is 47.5 Å². The molecule has 3 amide bonds. The van der Waals surface area contributed by atoms with E-state index >= 15 is 0 Å². The van der Waals surface area contributed by atoms with Crippen LogP contribution >= 0.6 is 0 Å². The fraction of sp³-hybridized carbons (Fsp3) is 0.481. The Morgan fingerprint density at radius 3 is 2.18 bits per heavy atom. The maximum atomic E-state index is 14.6. The first kappa shape index (κ1) is 27.0. The molecule has 11 heteroatoms. The molecular formula is C27H31FN6O4. The van der Waals surface area contributed by atoms with Crippen molar-refractivity contribution in [1.29, 1.82) is 5.26 Å². The van der Waals surface area contributed by atoms with E-state index < -0.39 is 17.3 Å². The fourth-order valence-electron chi connectivity index (χ4n) is 4.43. The van der Waals surface area contributed by atoms with Gasteiger partial charge in [-0.3, -0.25) is 9.59 Å². The standard InChI is InChI=1S/C27H31FN6O4/c1-27(2,3)38-26(37)33-11-9-20(10-12-33)34(19-6-7-19)24(35)18-14-30-23(31-15-18)17-5-8-21(22(28)13-17)25(36)32(4)16-29/h5,8,13-15,19-20H,6-7,9-12H2,1-4H3. The van der Waals surface area contributed by atoms with Crippen molar-refractivity contribution in [3.63, 3.8) is 0 Å². The lowest BCUT2D eigenvalue weighted by molar-refractivity contribution is 0.0142. The van der Waals surface area contributed by atoms with Crippen LogP contribution in [0.5, 0.6) is 0 Å². The maximum Gasteiger partial charge on any atom is 0.410 e. The van der Waals surface area contributed by atoms with E-state index in [0.29, 0.717) is 37.1 Å². The Bertz CT molecular complexity index is 1260. The molecule has 2 fully saturated rings. The summed E-state index contributed by atoms with van der Waals surface area (Å²) in [5, 5.41) is 8.85. The van der Waals surface area contributed by atoms with Gasteiger partial charge in [0.15, 0.2) is 12.0 Å². The number of rotatable bonds is 5. The molecule has 0 N–H and O–H groups in total. The van der Waals surface area contributed by atoms with Gasteiger partial charge in [0.1, 0.15) is 11.4 Å². The summed E-state index contributed by atoms with van der Waals surface area (Å²) in [4.78, 5) is 50.8. The van der Waals surface area contributed by atoms with Crippen molar-refractivity contribution in [2.75, 3.05) is 20.1 Å². The van der Waals surface area contributed by atoms with Gasteiger partial charge >= 0.3 is 6.09 Å². The first-order chi connectivity index (χ1) is 18.0. The highest BCUT2D eigenvalue weighted by Gasteiger charge is 2.40. The second-order valence-corrected chi connectivity index (χ2v) is 10.6. The number of nitrogens with zero attached hydrogens (tertiary/aromatic N) is 6. The van der Waals surface area contributed by atoms with Crippen LogP contribution in [0.25, 0.3) is 11.4 Å². The highest BCUT2D eigenvalue weighted by atomic mass is 19.1. The molecule has 1 aliphatic carbocycles. The molecule has 0 bridgehead atoms. The Kier molecular flexibility index (Phi) is 7.62. The van der Waals surface area contributed by atoms with Crippen LogP contribution in [0.1, 0.15) is 67.2 Å². The lowest BCUT2D eigenvalue weighted by Crippen LogP contribution is -2.50. The molecule has 200 valence electrons. The minimum Gasteiger partial charge on any atom is -0.444 e. The van der Waals surface area contributed by atoms with Gasteiger partial charge in [-0.05, 0) is 58.6 Å². The van der Waals surface area contributed by atoms with Crippen molar-refractivity contribution in [2.24, 2.45) is 0 Å². The van der Waals surface area contributed by atoms with Crippen molar-refractivity contribution in [3.8, 4) is 17.6 Å². The van der Waals surface area contributed by atoms with Crippen LogP contribution in [0.4, 0.5) is 9.18 Å². The number of halogens is 1. The van der Waals surface area contributed by atoms with E-state index in [1.807, 2.05) is 25.7 Å². The average molecular weight is 523 g/mol. The first-order valence-electron chi connectivity index (χ1n) is 12.6.